The van der Waals surface area contributed by atoms with Crippen molar-refractivity contribution in [1.29, 1.82) is 0 Å². The van der Waals surface area contributed by atoms with Crippen molar-refractivity contribution in [3.05, 3.63) is 35.4 Å². The van der Waals surface area contributed by atoms with Crippen molar-refractivity contribution in [2.75, 3.05) is 13.1 Å². The number of rotatable bonds is 3. The van der Waals surface area contributed by atoms with Gasteiger partial charge in [0.2, 0.25) is 0 Å². The van der Waals surface area contributed by atoms with E-state index >= 15 is 0 Å². The molecule has 0 radical (unpaired) electrons. The van der Waals surface area contributed by atoms with E-state index < -0.39 is 11.6 Å². The van der Waals surface area contributed by atoms with Gasteiger partial charge >= 0.3 is 5.97 Å². The summed E-state index contributed by atoms with van der Waals surface area (Å²) in [4.78, 5) is 11.1. The fraction of sp³-hybridized carbons (Fsp3) is 0.462. The molecule has 2 rings (SSSR count). The Morgan fingerprint density at radius 3 is 2.82 bits per heavy atom. The smallest absolute Gasteiger partial charge is 0.336 e. The van der Waals surface area contributed by atoms with Gasteiger partial charge in [-0.3, -0.25) is 0 Å². The van der Waals surface area contributed by atoms with Crippen molar-refractivity contribution in [2.45, 2.75) is 19.0 Å². The Morgan fingerprint density at radius 2 is 2.24 bits per heavy atom. The van der Waals surface area contributed by atoms with E-state index in [1.165, 1.54) is 13.0 Å². The van der Waals surface area contributed by atoms with Gasteiger partial charge in [0.15, 0.2) is 0 Å². The summed E-state index contributed by atoms with van der Waals surface area (Å²) in [6.45, 7) is 2.87. The number of benzene rings is 1. The number of hydrogen-bond donors (Lipinski definition) is 2. The Labute approximate surface area is 99.7 Å². The lowest BCUT2D eigenvalue weighted by atomic mass is 9.81. The molecular formula is C13H16FNO2. The molecule has 1 aromatic rings. The van der Waals surface area contributed by atoms with Gasteiger partial charge in [-0.2, -0.15) is 0 Å². The molecule has 92 valence electrons. The molecule has 1 aliphatic heterocycles. The van der Waals surface area contributed by atoms with Crippen LogP contribution in [0.25, 0.3) is 0 Å². The van der Waals surface area contributed by atoms with E-state index in [9.17, 15) is 9.18 Å². The highest BCUT2D eigenvalue weighted by Crippen LogP contribution is 2.38. The van der Waals surface area contributed by atoms with Gasteiger partial charge in [-0.1, -0.05) is 18.2 Å². The van der Waals surface area contributed by atoms with Crippen molar-refractivity contribution in [3.8, 4) is 0 Å². The van der Waals surface area contributed by atoms with Crippen LogP contribution in [-0.2, 0) is 5.67 Å². The molecule has 4 heteroatoms. The van der Waals surface area contributed by atoms with Crippen LogP contribution in [0.5, 0.6) is 0 Å². The third-order valence-electron chi connectivity index (χ3n) is 3.51. The van der Waals surface area contributed by atoms with Crippen LogP contribution in [0.15, 0.2) is 24.3 Å². The quantitative estimate of drug-likeness (QED) is 0.847. The highest BCUT2D eigenvalue weighted by Gasteiger charge is 2.39. The summed E-state index contributed by atoms with van der Waals surface area (Å²) >= 11 is 0. The first-order valence-electron chi connectivity index (χ1n) is 5.76. The Balaban J connectivity index is 2.41. The molecule has 0 saturated carbocycles. The van der Waals surface area contributed by atoms with Crippen LogP contribution in [0.4, 0.5) is 4.39 Å². The summed E-state index contributed by atoms with van der Waals surface area (Å²) in [5.41, 5.74) is -1.26. The van der Waals surface area contributed by atoms with E-state index in [1.807, 2.05) is 0 Å². The summed E-state index contributed by atoms with van der Waals surface area (Å²) in [6.07, 6.45) is 0.737. The van der Waals surface area contributed by atoms with Gasteiger partial charge in [0.05, 0.1) is 5.56 Å². The molecule has 1 aliphatic rings. The van der Waals surface area contributed by atoms with E-state index in [4.69, 9.17) is 5.11 Å². The number of carboxylic acids is 1. The second kappa shape index (κ2) is 4.45. The lowest BCUT2D eigenvalue weighted by molar-refractivity contribution is 0.0673. The molecule has 0 spiro atoms. The monoisotopic (exact) mass is 237 g/mol. The SMILES string of the molecule is CC(F)(c1ccccc1C(=O)O)C1CCNC1. The molecule has 0 aliphatic carbocycles. The number of hydrogen-bond acceptors (Lipinski definition) is 2. The van der Waals surface area contributed by atoms with Crippen LogP contribution in [-0.4, -0.2) is 24.2 Å². The van der Waals surface area contributed by atoms with Crippen LogP contribution < -0.4 is 5.32 Å². The van der Waals surface area contributed by atoms with Gasteiger partial charge < -0.3 is 10.4 Å². The molecule has 0 bridgehead atoms. The largest absolute Gasteiger partial charge is 0.478 e. The fourth-order valence-electron chi connectivity index (χ4n) is 2.43. The van der Waals surface area contributed by atoms with Crippen LogP contribution >= 0.6 is 0 Å². The Bertz CT molecular complexity index is 425. The molecule has 1 fully saturated rings. The minimum atomic E-state index is -1.60. The molecule has 3 nitrogen and oxygen atoms in total. The van der Waals surface area contributed by atoms with E-state index in [-0.39, 0.29) is 17.0 Å². The van der Waals surface area contributed by atoms with Crippen molar-refractivity contribution < 1.29 is 14.3 Å². The minimum Gasteiger partial charge on any atom is -0.478 e. The molecule has 2 N–H and O–H groups in total. The van der Waals surface area contributed by atoms with E-state index in [2.05, 4.69) is 5.32 Å². The highest BCUT2D eigenvalue weighted by molar-refractivity contribution is 5.89. The molecule has 0 amide bonds. The molecule has 1 heterocycles. The summed E-state index contributed by atoms with van der Waals surface area (Å²) < 4.78 is 14.8. The summed E-state index contributed by atoms with van der Waals surface area (Å²) in [6, 6.07) is 6.33. The van der Waals surface area contributed by atoms with Gasteiger partial charge in [0.25, 0.3) is 0 Å². The number of alkyl halides is 1. The lowest BCUT2D eigenvalue weighted by Crippen LogP contribution is -2.30. The summed E-state index contributed by atoms with van der Waals surface area (Å²) in [7, 11) is 0. The summed E-state index contributed by atoms with van der Waals surface area (Å²) in [5, 5.41) is 12.2. The Kier molecular flexibility index (Phi) is 3.15. The minimum absolute atomic E-state index is 0.0596. The maximum atomic E-state index is 14.8. The molecule has 2 atom stereocenters. The first-order chi connectivity index (χ1) is 8.03. The first-order valence-corrected chi connectivity index (χ1v) is 5.76. The van der Waals surface area contributed by atoms with Gasteiger partial charge in [-0.15, -0.1) is 0 Å². The average molecular weight is 237 g/mol. The van der Waals surface area contributed by atoms with Crippen molar-refractivity contribution in [2.24, 2.45) is 5.92 Å². The van der Waals surface area contributed by atoms with Gasteiger partial charge in [0, 0.05) is 18.0 Å². The summed E-state index contributed by atoms with van der Waals surface area (Å²) in [5.74, 6) is -1.24. The molecule has 2 unspecified atom stereocenters. The zero-order valence-electron chi connectivity index (χ0n) is 9.74. The van der Waals surface area contributed by atoms with Gasteiger partial charge in [0.1, 0.15) is 5.67 Å². The predicted octanol–water partition coefficient (Wildman–Crippen LogP) is 2.18. The normalized spacial score (nSPS) is 23.3. The third kappa shape index (κ3) is 2.17. The molecule has 0 aromatic heterocycles. The van der Waals surface area contributed by atoms with Gasteiger partial charge in [-0.05, 0) is 26.0 Å². The topological polar surface area (TPSA) is 49.3 Å². The molecular weight excluding hydrogens is 221 g/mol. The first kappa shape index (κ1) is 12.0. The number of carboxylic acid groups (broad SMARTS) is 1. The standard InChI is InChI=1S/C13H16FNO2/c1-13(14,9-6-7-15-8-9)11-5-3-2-4-10(11)12(16)17/h2-5,9,15H,6-8H2,1H3,(H,16,17). The van der Waals surface area contributed by atoms with E-state index in [1.54, 1.807) is 18.2 Å². The van der Waals surface area contributed by atoms with Crippen LogP contribution in [0.1, 0.15) is 29.3 Å². The Morgan fingerprint density at radius 1 is 1.53 bits per heavy atom. The second-order valence-electron chi connectivity index (χ2n) is 4.62. The number of nitrogens with one attached hydrogen (secondary N) is 1. The zero-order valence-corrected chi connectivity index (χ0v) is 9.74. The third-order valence-corrected chi connectivity index (χ3v) is 3.51. The molecule has 1 saturated heterocycles. The van der Waals surface area contributed by atoms with Crippen LogP contribution in [0.3, 0.4) is 0 Å². The second-order valence-corrected chi connectivity index (χ2v) is 4.62. The Hall–Kier alpha value is -1.42. The average Bonchev–Trinajstić information content (AvgIpc) is 2.83. The van der Waals surface area contributed by atoms with Crippen molar-refractivity contribution >= 4 is 5.97 Å². The van der Waals surface area contributed by atoms with Crippen LogP contribution in [0.2, 0.25) is 0 Å². The number of aromatic carboxylic acids is 1. The van der Waals surface area contributed by atoms with Crippen molar-refractivity contribution in [3.63, 3.8) is 0 Å². The van der Waals surface area contributed by atoms with E-state index in [0.29, 0.717) is 6.54 Å². The number of halogens is 1. The highest BCUT2D eigenvalue weighted by atomic mass is 19.1. The molecule has 17 heavy (non-hydrogen) atoms. The van der Waals surface area contributed by atoms with Gasteiger partial charge in [-0.25, -0.2) is 9.18 Å². The molecule has 1 aromatic carbocycles. The maximum absolute atomic E-state index is 14.8. The fourth-order valence-corrected chi connectivity index (χ4v) is 2.43. The maximum Gasteiger partial charge on any atom is 0.336 e. The lowest BCUT2D eigenvalue weighted by Gasteiger charge is -2.28. The van der Waals surface area contributed by atoms with Crippen molar-refractivity contribution in [1.82, 2.24) is 5.32 Å². The zero-order chi connectivity index (χ0) is 12.5. The van der Waals surface area contributed by atoms with E-state index in [0.717, 1.165) is 13.0 Å². The van der Waals surface area contributed by atoms with Crippen LogP contribution in [0, 0.1) is 5.92 Å². The predicted molar refractivity (Wildman–Crippen MR) is 62.8 cm³/mol. The number of carbonyl (C=O) groups is 1.